The normalized spacial score (nSPS) is 9.20. The van der Waals surface area contributed by atoms with Gasteiger partial charge in [0.05, 0.1) is 0 Å². The highest BCUT2D eigenvalue weighted by Crippen LogP contribution is 2.19. The minimum absolute atomic E-state index is 0.501. The summed E-state index contributed by atoms with van der Waals surface area (Å²) in [5.74, 6) is 0.501. The molecule has 3 nitrogen and oxygen atoms in total. The average Bonchev–Trinajstić information content (AvgIpc) is 2.46. The summed E-state index contributed by atoms with van der Waals surface area (Å²) in [6.45, 7) is 5.87. The van der Waals surface area contributed by atoms with Crippen molar-refractivity contribution in [1.82, 2.24) is 0 Å². The van der Waals surface area contributed by atoms with E-state index in [1.807, 2.05) is 26.8 Å². The summed E-state index contributed by atoms with van der Waals surface area (Å²) in [7, 11) is 0. The van der Waals surface area contributed by atoms with Crippen molar-refractivity contribution >= 4 is 23.4 Å². The van der Waals surface area contributed by atoms with Crippen LogP contribution in [-0.4, -0.2) is 6.09 Å². The lowest BCUT2D eigenvalue weighted by molar-refractivity contribution is 0.215. The molecule has 0 saturated carbocycles. The van der Waals surface area contributed by atoms with Gasteiger partial charge in [0.25, 0.3) is 0 Å². The molecule has 0 heterocycles. The van der Waals surface area contributed by atoms with Crippen molar-refractivity contribution in [2.24, 2.45) is 0 Å². The fourth-order valence-electron chi connectivity index (χ4n) is 1.46. The Bertz CT molecular complexity index is 556. The number of ether oxygens (including phenoxy) is 1. The Hall–Kier alpha value is -2.00. The standard InChI is InChI=1S/C14H12ClNO2.C2H6/c1-10-9-11(7-8-13(10)15)16-14(17)18-12-5-3-2-4-6-12;1-2/h2-9H,1H3,(H,16,17);1-2H3. The second kappa shape index (κ2) is 8.23. The number of amides is 1. The lowest BCUT2D eigenvalue weighted by Crippen LogP contribution is -2.16. The zero-order valence-electron chi connectivity index (χ0n) is 11.8. The van der Waals surface area contributed by atoms with Gasteiger partial charge in [-0.15, -0.1) is 0 Å². The van der Waals surface area contributed by atoms with Gasteiger partial charge in [0.1, 0.15) is 5.75 Å². The third kappa shape index (κ3) is 4.94. The smallest absolute Gasteiger partial charge is 0.410 e. The molecule has 106 valence electrons. The van der Waals surface area contributed by atoms with E-state index in [9.17, 15) is 4.79 Å². The third-order valence-electron chi connectivity index (χ3n) is 2.36. The van der Waals surface area contributed by atoms with E-state index < -0.39 is 6.09 Å². The number of nitrogens with one attached hydrogen (secondary N) is 1. The molecule has 0 radical (unpaired) electrons. The summed E-state index contributed by atoms with van der Waals surface area (Å²) < 4.78 is 5.11. The second-order valence-electron chi connectivity index (χ2n) is 3.79. The number of hydrogen-bond acceptors (Lipinski definition) is 2. The first kappa shape index (κ1) is 16.1. The lowest BCUT2D eigenvalue weighted by atomic mass is 10.2. The van der Waals surface area contributed by atoms with Gasteiger partial charge < -0.3 is 4.74 Å². The van der Waals surface area contributed by atoms with Gasteiger partial charge >= 0.3 is 6.09 Å². The van der Waals surface area contributed by atoms with Crippen LogP contribution in [0, 0.1) is 6.92 Å². The number of aryl methyl sites for hydroxylation is 1. The molecule has 1 N–H and O–H groups in total. The summed E-state index contributed by atoms with van der Waals surface area (Å²) in [5, 5.41) is 3.30. The molecular weight excluding hydrogens is 274 g/mol. The highest BCUT2D eigenvalue weighted by Gasteiger charge is 2.05. The molecule has 0 aliphatic rings. The van der Waals surface area contributed by atoms with Crippen LogP contribution in [0.2, 0.25) is 5.02 Å². The van der Waals surface area contributed by atoms with E-state index in [-0.39, 0.29) is 0 Å². The highest BCUT2D eigenvalue weighted by molar-refractivity contribution is 6.31. The van der Waals surface area contributed by atoms with Gasteiger partial charge in [0, 0.05) is 10.7 Å². The number of halogens is 1. The van der Waals surface area contributed by atoms with Crippen molar-refractivity contribution in [1.29, 1.82) is 0 Å². The highest BCUT2D eigenvalue weighted by atomic mass is 35.5. The van der Waals surface area contributed by atoms with Crippen LogP contribution < -0.4 is 10.1 Å². The topological polar surface area (TPSA) is 38.3 Å². The first-order valence-corrected chi connectivity index (χ1v) is 6.83. The van der Waals surface area contributed by atoms with Gasteiger partial charge in [-0.3, -0.25) is 5.32 Å². The van der Waals surface area contributed by atoms with E-state index in [2.05, 4.69) is 5.32 Å². The Morgan fingerprint density at radius 2 is 1.75 bits per heavy atom. The van der Waals surface area contributed by atoms with Crippen LogP contribution in [0.3, 0.4) is 0 Å². The molecule has 0 aromatic heterocycles. The monoisotopic (exact) mass is 291 g/mol. The lowest BCUT2D eigenvalue weighted by Gasteiger charge is -2.07. The van der Waals surface area contributed by atoms with Gasteiger partial charge in [-0.2, -0.15) is 0 Å². The molecule has 2 rings (SSSR count). The van der Waals surface area contributed by atoms with Crippen molar-refractivity contribution in [2.45, 2.75) is 20.8 Å². The zero-order chi connectivity index (χ0) is 15.0. The number of rotatable bonds is 2. The maximum absolute atomic E-state index is 11.6. The largest absolute Gasteiger partial charge is 0.417 e. The number of para-hydroxylation sites is 1. The summed E-state index contributed by atoms with van der Waals surface area (Å²) in [4.78, 5) is 11.6. The fourth-order valence-corrected chi connectivity index (χ4v) is 1.58. The van der Waals surface area contributed by atoms with Crippen molar-refractivity contribution in [3.63, 3.8) is 0 Å². The van der Waals surface area contributed by atoms with Gasteiger partial charge in [-0.1, -0.05) is 43.6 Å². The Balaban J connectivity index is 0.000000956. The molecule has 0 unspecified atom stereocenters. The van der Waals surface area contributed by atoms with E-state index in [1.54, 1.807) is 42.5 Å². The van der Waals surface area contributed by atoms with Crippen LogP contribution in [0.5, 0.6) is 5.75 Å². The maximum Gasteiger partial charge on any atom is 0.417 e. The van der Waals surface area contributed by atoms with E-state index in [1.165, 1.54) is 0 Å². The Morgan fingerprint density at radius 1 is 1.10 bits per heavy atom. The number of carbonyl (C=O) groups is 1. The fraction of sp³-hybridized carbons (Fsp3) is 0.188. The van der Waals surface area contributed by atoms with E-state index in [0.717, 1.165) is 5.56 Å². The van der Waals surface area contributed by atoms with Gasteiger partial charge in [-0.25, -0.2) is 4.79 Å². The van der Waals surface area contributed by atoms with Gasteiger partial charge in [0.2, 0.25) is 0 Å². The molecule has 0 aliphatic carbocycles. The van der Waals surface area contributed by atoms with Gasteiger partial charge in [-0.05, 0) is 42.8 Å². The molecule has 2 aromatic rings. The summed E-state index contributed by atoms with van der Waals surface area (Å²) >= 11 is 5.90. The molecular formula is C16H18ClNO2. The molecule has 2 aromatic carbocycles. The number of benzene rings is 2. The average molecular weight is 292 g/mol. The van der Waals surface area contributed by atoms with Crippen LogP contribution in [0.15, 0.2) is 48.5 Å². The molecule has 0 saturated heterocycles. The summed E-state index contributed by atoms with van der Waals surface area (Å²) in [6.07, 6.45) is -0.525. The van der Waals surface area contributed by atoms with Crippen molar-refractivity contribution in [3.8, 4) is 5.75 Å². The SMILES string of the molecule is CC.Cc1cc(NC(=O)Oc2ccccc2)ccc1Cl. The van der Waals surface area contributed by atoms with Gasteiger partial charge in [0.15, 0.2) is 0 Å². The van der Waals surface area contributed by atoms with Crippen LogP contribution >= 0.6 is 11.6 Å². The molecule has 20 heavy (non-hydrogen) atoms. The first-order chi connectivity index (χ1) is 9.65. The predicted octanol–water partition coefficient (Wildman–Crippen LogP) is 5.29. The quantitative estimate of drug-likeness (QED) is 0.817. The molecule has 0 fully saturated rings. The van der Waals surface area contributed by atoms with Crippen LogP contribution in [0.1, 0.15) is 19.4 Å². The van der Waals surface area contributed by atoms with E-state index in [4.69, 9.17) is 16.3 Å². The summed E-state index contributed by atoms with van der Waals surface area (Å²) in [6, 6.07) is 14.1. The number of anilines is 1. The zero-order valence-corrected chi connectivity index (χ0v) is 12.6. The Morgan fingerprint density at radius 3 is 2.35 bits per heavy atom. The van der Waals surface area contributed by atoms with Crippen LogP contribution in [-0.2, 0) is 0 Å². The van der Waals surface area contributed by atoms with Crippen LogP contribution in [0.4, 0.5) is 10.5 Å². The molecule has 0 spiro atoms. The van der Waals surface area contributed by atoms with Crippen LogP contribution in [0.25, 0.3) is 0 Å². The molecule has 0 bridgehead atoms. The number of carbonyl (C=O) groups excluding carboxylic acids is 1. The first-order valence-electron chi connectivity index (χ1n) is 6.45. The molecule has 0 aliphatic heterocycles. The third-order valence-corrected chi connectivity index (χ3v) is 2.78. The second-order valence-corrected chi connectivity index (χ2v) is 4.20. The number of hydrogen-bond donors (Lipinski definition) is 1. The molecule has 1 amide bonds. The van der Waals surface area contributed by atoms with Crippen molar-refractivity contribution < 1.29 is 9.53 Å². The molecule has 0 atom stereocenters. The Labute approximate surface area is 124 Å². The van der Waals surface area contributed by atoms with Crippen molar-refractivity contribution in [3.05, 3.63) is 59.1 Å². The summed E-state index contributed by atoms with van der Waals surface area (Å²) in [5.41, 5.74) is 1.55. The van der Waals surface area contributed by atoms with Crippen molar-refractivity contribution in [2.75, 3.05) is 5.32 Å². The Kier molecular flexibility index (Phi) is 6.60. The maximum atomic E-state index is 11.6. The van der Waals surface area contributed by atoms with E-state index in [0.29, 0.717) is 16.5 Å². The minimum Gasteiger partial charge on any atom is -0.410 e. The minimum atomic E-state index is -0.525. The molecule has 4 heteroatoms. The predicted molar refractivity (Wildman–Crippen MR) is 83.6 cm³/mol. The van der Waals surface area contributed by atoms with E-state index >= 15 is 0 Å².